The summed E-state index contributed by atoms with van der Waals surface area (Å²) in [5.74, 6) is -0.545. The van der Waals surface area contributed by atoms with E-state index >= 15 is 0 Å². The molecule has 0 aromatic carbocycles. The first-order valence-corrected chi connectivity index (χ1v) is 11.0. The lowest BCUT2D eigenvalue weighted by atomic mass is 9.85. The number of aromatic nitrogens is 4. The van der Waals surface area contributed by atoms with Crippen molar-refractivity contribution in [2.45, 2.75) is 39.7 Å². The number of likely N-dealkylation sites (tertiary alicyclic amines) is 1. The topological polar surface area (TPSA) is 128 Å². The van der Waals surface area contributed by atoms with E-state index in [4.69, 9.17) is 5.26 Å². The number of hydrogen-bond donors (Lipinski definition) is 2. The van der Waals surface area contributed by atoms with Gasteiger partial charge in [0.05, 0.1) is 23.5 Å². The highest BCUT2D eigenvalue weighted by Gasteiger charge is 2.37. The van der Waals surface area contributed by atoms with Gasteiger partial charge in [-0.1, -0.05) is 26.8 Å². The Morgan fingerprint density at radius 1 is 1.21 bits per heavy atom. The standard InChI is InChI=1S/C24H27N7O2/c1-24(2,3)20(23(33)31-10-7-15(12-25)8-11-31)30-22(32)16-13-27-21-19(16)29-18(14-28-21)17-6-4-5-9-26-17/h4-6,9,13-15,20H,7-8,10-11H2,1-3H3,(H,27,28)(H,30,32)/t20-/m0/s1. The fourth-order valence-corrected chi connectivity index (χ4v) is 3.97. The van der Waals surface area contributed by atoms with Crippen LogP contribution in [-0.4, -0.2) is 55.8 Å². The van der Waals surface area contributed by atoms with Gasteiger partial charge in [-0.2, -0.15) is 5.26 Å². The summed E-state index contributed by atoms with van der Waals surface area (Å²) in [5.41, 5.74) is 1.93. The van der Waals surface area contributed by atoms with Crippen LogP contribution in [-0.2, 0) is 4.79 Å². The molecule has 2 N–H and O–H groups in total. The average Bonchev–Trinajstić information content (AvgIpc) is 3.25. The molecule has 0 saturated carbocycles. The number of rotatable bonds is 4. The minimum absolute atomic E-state index is 0.0187. The van der Waals surface area contributed by atoms with Crippen molar-refractivity contribution in [2.75, 3.05) is 13.1 Å². The minimum atomic E-state index is -0.722. The first kappa shape index (κ1) is 22.4. The molecule has 4 heterocycles. The van der Waals surface area contributed by atoms with Crippen LogP contribution in [0.3, 0.4) is 0 Å². The molecular weight excluding hydrogens is 418 g/mol. The van der Waals surface area contributed by atoms with Crippen molar-refractivity contribution in [3.63, 3.8) is 0 Å². The molecule has 3 aromatic heterocycles. The van der Waals surface area contributed by atoms with Crippen LogP contribution in [0.1, 0.15) is 44.0 Å². The highest BCUT2D eigenvalue weighted by Crippen LogP contribution is 2.26. The van der Waals surface area contributed by atoms with Crippen LogP contribution in [0.25, 0.3) is 22.6 Å². The number of piperidine rings is 1. The number of H-pyrrole nitrogens is 1. The molecule has 1 atom stereocenters. The van der Waals surface area contributed by atoms with Crippen LogP contribution in [0.5, 0.6) is 0 Å². The molecule has 9 heteroatoms. The first-order valence-electron chi connectivity index (χ1n) is 11.0. The molecule has 3 aromatic rings. The molecule has 1 fully saturated rings. The summed E-state index contributed by atoms with van der Waals surface area (Å²) in [6.07, 6.45) is 6.15. The Labute approximate surface area is 192 Å². The van der Waals surface area contributed by atoms with Crippen molar-refractivity contribution >= 4 is 23.0 Å². The van der Waals surface area contributed by atoms with Crippen molar-refractivity contribution in [3.8, 4) is 17.5 Å². The molecule has 0 aliphatic carbocycles. The second-order valence-electron chi connectivity index (χ2n) is 9.37. The predicted molar refractivity (Wildman–Crippen MR) is 123 cm³/mol. The number of nitriles is 1. The summed E-state index contributed by atoms with van der Waals surface area (Å²) in [6.45, 7) is 6.81. The highest BCUT2D eigenvalue weighted by molar-refractivity contribution is 6.06. The van der Waals surface area contributed by atoms with E-state index in [1.54, 1.807) is 23.5 Å². The van der Waals surface area contributed by atoms with Gasteiger partial charge in [-0.05, 0) is 30.4 Å². The van der Waals surface area contributed by atoms with Gasteiger partial charge in [-0.15, -0.1) is 0 Å². The van der Waals surface area contributed by atoms with Crippen molar-refractivity contribution in [1.29, 1.82) is 5.26 Å². The third kappa shape index (κ3) is 4.70. The van der Waals surface area contributed by atoms with E-state index in [0.717, 1.165) is 0 Å². The summed E-state index contributed by atoms with van der Waals surface area (Å²) in [4.78, 5) is 44.6. The maximum Gasteiger partial charge on any atom is 0.255 e. The number of nitrogens with one attached hydrogen (secondary N) is 2. The lowest BCUT2D eigenvalue weighted by Gasteiger charge is -2.37. The van der Waals surface area contributed by atoms with Crippen molar-refractivity contribution in [2.24, 2.45) is 11.3 Å². The Kier molecular flexibility index (Phi) is 6.09. The highest BCUT2D eigenvalue weighted by atomic mass is 16.2. The molecule has 0 bridgehead atoms. The van der Waals surface area contributed by atoms with Crippen LogP contribution < -0.4 is 5.32 Å². The number of nitrogens with zero attached hydrogens (tertiary/aromatic N) is 5. The second kappa shape index (κ2) is 8.98. The zero-order valence-electron chi connectivity index (χ0n) is 19.0. The average molecular weight is 446 g/mol. The maximum absolute atomic E-state index is 13.3. The molecule has 0 unspecified atom stereocenters. The van der Waals surface area contributed by atoms with Gasteiger partial charge in [0.1, 0.15) is 17.3 Å². The van der Waals surface area contributed by atoms with Crippen molar-refractivity contribution in [1.82, 2.24) is 30.2 Å². The van der Waals surface area contributed by atoms with Gasteiger partial charge < -0.3 is 15.2 Å². The molecule has 4 rings (SSSR count). The van der Waals surface area contributed by atoms with Crippen molar-refractivity contribution < 1.29 is 9.59 Å². The molecule has 9 nitrogen and oxygen atoms in total. The number of aromatic amines is 1. The fraction of sp³-hybridized carbons (Fsp3) is 0.417. The number of pyridine rings is 1. The quantitative estimate of drug-likeness (QED) is 0.635. The number of carbonyl (C=O) groups excluding carboxylic acids is 2. The number of fused-ring (bicyclic) bond motifs is 1. The predicted octanol–water partition coefficient (Wildman–Crippen LogP) is 2.93. The van der Waals surface area contributed by atoms with E-state index in [1.165, 1.54) is 0 Å². The molecule has 170 valence electrons. The zero-order chi connectivity index (χ0) is 23.6. The van der Waals surface area contributed by atoms with Gasteiger partial charge in [0.15, 0.2) is 5.65 Å². The largest absolute Gasteiger partial charge is 0.344 e. The maximum atomic E-state index is 13.3. The summed E-state index contributed by atoms with van der Waals surface area (Å²) in [7, 11) is 0. The van der Waals surface area contributed by atoms with Crippen LogP contribution >= 0.6 is 0 Å². The third-order valence-electron chi connectivity index (χ3n) is 5.93. The molecular formula is C24H27N7O2. The number of hydrogen-bond acceptors (Lipinski definition) is 6. The number of amides is 2. The molecule has 33 heavy (non-hydrogen) atoms. The Balaban J connectivity index is 1.58. The molecule has 2 amide bonds. The molecule has 1 aliphatic heterocycles. The van der Waals surface area contributed by atoms with Gasteiger partial charge in [0.2, 0.25) is 5.91 Å². The molecule has 0 radical (unpaired) electrons. The lowest BCUT2D eigenvalue weighted by Crippen LogP contribution is -2.56. The zero-order valence-corrected chi connectivity index (χ0v) is 19.0. The third-order valence-corrected chi connectivity index (χ3v) is 5.93. The Morgan fingerprint density at radius 3 is 2.61 bits per heavy atom. The second-order valence-corrected chi connectivity index (χ2v) is 9.37. The van der Waals surface area contributed by atoms with E-state index in [2.05, 4.69) is 31.3 Å². The Bertz CT molecular complexity index is 1200. The Morgan fingerprint density at radius 2 is 1.97 bits per heavy atom. The Hall–Kier alpha value is -3.80. The van der Waals surface area contributed by atoms with Gasteiger partial charge >= 0.3 is 0 Å². The molecule has 1 aliphatic rings. The van der Waals surface area contributed by atoms with Gasteiger partial charge in [-0.3, -0.25) is 14.6 Å². The molecule has 0 spiro atoms. The van der Waals surface area contributed by atoms with E-state index in [1.807, 2.05) is 39.0 Å². The van der Waals surface area contributed by atoms with Crippen molar-refractivity contribution in [3.05, 3.63) is 42.4 Å². The SMILES string of the molecule is CC(C)(C)[C@@H](NC(=O)c1c[nH]c2ncc(-c3ccccn3)nc12)C(=O)N1CCC(C#N)CC1. The minimum Gasteiger partial charge on any atom is -0.344 e. The van der Waals surface area contributed by atoms with E-state index < -0.39 is 17.4 Å². The summed E-state index contributed by atoms with van der Waals surface area (Å²) < 4.78 is 0. The fourth-order valence-electron chi connectivity index (χ4n) is 3.97. The summed E-state index contributed by atoms with van der Waals surface area (Å²) >= 11 is 0. The van der Waals surface area contributed by atoms with E-state index in [9.17, 15) is 9.59 Å². The molecule has 1 saturated heterocycles. The lowest BCUT2D eigenvalue weighted by molar-refractivity contribution is -0.137. The monoisotopic (exact) mass is 445 g/mol. The summed E-state index contributed by atoms with van der Waals surface area (Å²) in [6, 6.07) is 7.06. The number of carbonyl (C=O) groups is 2. The van der Waals surface area contributed by atoms with Crippen LogP contribution in [0.4, 0.5) is 0 Å². The normalized spacial score (nSPS) is 15.8. The van der Waals surface area contributed by atoms with Crippen LogP contribution in [0, 0.1) is 22.7 Å². The smallest absolute Gasteiger partial charge is 0.255 e. The summed E-state index contributed by atoms with van der Waals surface area (Å²) in [5, 5.41) is 12.1. The van der Waals surface area contributed by atoms with Crippen LogP contribution in [0.15, 0.2) is 36.8 Å². The van der Waals surface area contributed by atoms with Crippen LogP contribution in [0.2, 0.25) is 0 Å². The van der Waals surface area contributed by atoms with Gasteiger partial charge in [0, 0.05) is 31.4 Å². The van der Waals surface area contributed by atoms with E-state index in [-0.39, 0.29) is 11.8 Å². The van der Waals surface area contributed by atoms with Gasteiger partial charge in [0.25, 0.3) is 5.91 Å². The van der Waals surface area contributed by atoms with Gasteiger partial charge in [-0.25, -0.2) is 9.97 Å². The van der Waals surface area contributed by atoms with E-state index in [0.29, 0.717) is 54.0 Å². The first-order chi connectivity index (χ1) is 15.8.